The molecule has 0 bridgehead atoms. The van der Waals surface area contributed by atoms with Gasteiger partial charge in [-0.1, -0.05) is 12.8 Å². The van der Waals surface area contributed by atoms with Crippen LogP contribution in [0.25, 0.3) is 0 Å². The zero-order chi connectivity index (χ0) is 8.32. The van der Waals surface area contributed by atoms with E-state index in [1.165, 1.54) is 12.8 Å². The van der Waals surface area contributed by atoms with Crippen LogP contribution in [0.3, 0.4) is 0 Å². The monoisotopic (exact) mass is 154 g/mol. The summed E-state index contributed by atoms with van der Waals surface area (Å²) in [6, 6.07) is 0. The van der Waals surface area contributed by atoms with Crippen LogP contribution < -0.4 is 0 Å². The van der Waals surface area contributed by atoms with E-state index in [4.69, 9.17) is 4.74 Å². The van der Waals surface area contributed by atoms with Crippen molar-refractivity contribution in [2.24, 2.45) is 0 Å². The summed E-state index contributed by atoms with van der Waals surface area (Å²) >= 11 is 0. The summed E-state index contributed by atoms with van der Waals surface area (Å²) in [5.74, 6) is -0.00231. The molecule has 62 valence electrons. The van der Waals surface area contributed by atoms with Gasteiger partial charge in [-0.05, 0) is 19.8 Å². The Hall–Kier alpha value is -0.465. The van der Waals surface area contributed by atoms with Gasteiger partial charge in [0.25, 0.3) is 0 Å². The first-order chi connectivity index (χ1) is 5.19. The largest absolute Gasteiger partial charge is 0.466 e. The van der Waals surface area contributed by atoms with Crippen molar-refractivity contribution in [3.8, 4) is 0 Å². The minimum absolute atomic E-state index is 0.00231. The van der Waals surface area contributed by atoms with Gasteiger partial charge in [0.15, 0.2) is 0 Å². The Kier molecular flexibility index (Phi) is 2.58. The van der Waals surface area contributed by atoms with Crippen LogP contribution >= 0.6 is 0 Å². The van der Waals surface area contributed by atoms with Crippen LogP contribution in [0.15, 0.2) is 0 Å². The Bertz CT molecular complexity index is 150. The maximum Gasteiger partial charge on any atom is 0.303 e. The molecule has 0 radical (unpaired) electrons. The third-order valence-electron chi connectivity index (χ3n) is 2.48. The lowest BCUT2D eigenvalue weighted by Gasteiger charge is -2.20. The van der Waals surface area contributed by atoms with E-state index in [9.17, 15) is 4.79 Å². The Morgan fingerprint density at radius 2 is 2.09 bits per heavy atom. The number of hydrogen-bond donors (Lipinski definition) is 0. The van der Waals surface area contributed by atoms with Gasteiger partial charge in [-0.25, -0.2) is 0 Å². The van der Waals surface area contributed by atoms with Crippen molar-refractivity contribution in [2.45, 2.75) is 37.9 Å². The summed E-state index contributed by atoms with van der Waals surface area (Å²) in [7, 11) is 2.01. The van der Waals surface area contributed by atoms with E-state index in [1.807, 2.05) is 14.8 Å². The van der Waals surface area contributed by atoms with Crippen LogP contribution in [0.4, 0.5) is 0 Å². The number of rotatable bonds is 2. The molecule has 0 amide bonds. The lowest BCUT2D eigenvalue weighted by atomic mass is 9.67. The fourth-order valence-electron chi connectivity index (χ4n) is 1.66. The highest BCUT2D eigenvalue weighted by Crippen LogP contribution is 2.42. The molecular formula is C8H15BO2. The molecule has 0 saturated heterocycles. The van der Waals surface area contributed by atoms with Crippen molar-refractivity contribution < 1.29 is 9.53 Å². The van der Waals surface area contributed by atoms with E-state index < -0.39 is 0 Å². The fourth-order valence-corrected chi connectivity index (χ4v) is 1.66. The fraction of sp³-hybridized carbons (Fsp3) is 0.875. The van der Waals surface area contributed by atoms with Gasteiger partial charge in [0.1, 0.15) is 7.85 Å². The van der Waals surface area contributed by atoms with Gasteiger partial charge >= 0.3 is 5.97 Å². The molecule has 0 aromatic rings. The summed E-state index contributed by atoms with van der Waals surface area (Å²) in [5, 5.41) is -0.157. The molecule has 1 aliphatic rings. The highest BCUT2D eigenvalue weighted by molar-refractivity contribution is 6.27. The molecule has 0 aromatic carbocycles. The number of carbonyl (C=O) groups is 1. The standard InChI is InChI=1S/C8H15BO2/c1-2-11-7(10)8(9)5-3-4-6-8/h2-6,9H2,1H3. The SMILES string of the molecule is BC1(C(=O)OCC)CCCC1. The van der Waals surface area contributed by atoms with Crippen molar-refractivity contribution in [1.82, 2.24) is 0 Å². The molecule has 1 rings (SSSR count). The molecular weight excluding hydrogens is 139 g/mol. The normalized spacial score (nSPS) is 21.5. The van der Waals surface area contributed by atoms with Crippen LogP contribution in [0, 0.1) is 0 Å². The predicted octanol–water partition coefficient (Wildman–Crippen LogP) is 0.915. The maximum absolute atomic E-state index is 11.3. The second kappa shape index (κ2) is 3.29. The molecule has 0 heterocycles. The number of ether oxygens (including phenoxy) is 1. The molecule has 0 aromatic heterocycles. The molecule has 11 heavy (non-hydrogen) atoms. The average Bonchev–Trinajstić information content (AvgIpc) is 2.38. The highest BCUT2D eigenvalue weighted by Gasteiger charge is 2.37. The minimum Gasteiger partial charge on any atom is -0.466 e. The van der Waals surface area contributed by atoms with E-state index in [0.29, 0.717) is 6.61 Å². The Labute approximate surface area is 68.7 Å². The van der Waals surface area contributed by atoms with E-state index in [-0.39, 0.29) is 11.3 Å². The third kappa shape index (κ3) is 1.76. The molecule has 3 heteroatoms. The lowest BCUT2D eigenvalue weighted by molar-refractivity contribution is -0.146. The molecule has 2 nitrogen and oxygen atoms in total. The maximum atomic E-state index is 11.3. The second-order valence-corrected chi connectivity index (χ2v) is 3.49. The molecule has 0 spiro atoms. The number of hydrogen-bond acceptors (Lipinski definition) is 2. The van der Waals surface area contributed by atoms with Crippen molar-refractivity contribution in [3.63, 3.8) is 0 Å². The second-order valence-electron chi connectivity index (χ2n) is 3.49. The summed E-state index contributed by atoms with van der Waals surface area (Å²) in [6.45, 7) is 2.37. The van der Waals surface area contributed by atoms with Gasteiger partial charge in [-0.3, -0.25) is 4.79 Å². The molecule has 1 fully saturated rings. The van der Waals surface area contributed by atoms with Gasteiger partial charge in [0.05, 0.1) is 6.61 Å². The van der Waals surface area contributed by atoms with Crippen molar-refractivity contribution in [3.05, 3.63) is 0 Å². The van der Waals surface area contributed by atoms with Crippen molar-refractivity contribution in [2.75, 3.05) is 6.61 Å². The average molecular weight is 154 g/mol. The quantitative estimate of drug-likeness (QED) is 0.436. The summed E-state index contributed by atoms with van der Waals surface area (Å²) < 4.78 is 4.99. The van der Waals surface area contributed by atoms with E-state index >= 15 is 0 Å². The van der Waals surface area contributed by atoms with Gasteiger partial charge < -0.3 is 4.74 Å². The van der Waals surface area contributed by atoms with Gasteiger partial charge in [-0.15, -0.1) is 0 Å². The predicted molar refractivity (Wildman–Crippen MR) is 46.3 cm³/mol. The zero-order valence-electron chi connectivity index (χ0n) is 7.35. The van der Waals surface area contributed by atoms with Crippen LogP contribution in [0.1, 0.15) is 32.6 Å². The van der Waals surface area contributed by atoms with Crippen molar-refractivity contribution in [1.29, 1.82) is 0 Å². The topological polar surface area (TPSA) is 26.3 Å². The van der Waals surface area contributed by atoms with Crippen molar-refractivity contribution >= 4 is 13.8 Å². The smallest absolute Gasteiger partial charge is 0.303 e. The zero-order valence-corrected chi connectivity index (χ0v) is 7.35. The van der Waals surface area contributed by atoms with Crippen LogP contribution in [0.5, 0.6) is 0 Å². The molecule has 0 N–H and O–H groups in total. The Balaban J connectivity index is 2.49. The number of carbonyl (C=O) groups excluding carboxylic acids is 1. The minimum atomic E-state index is -0.157. The molecule has 1 saturated carbocycles. The third-order valence-corrected chi connectivity index (χ3v) is 2.48. The summed E-state index contributed by atoms with van der Waals surface area (Å²) in [5.41, 5.74) is 0. The molecule has 0 atom stereocenters. The van der Waals surface area contributed by atoms with E-state index in [0.717, 1.165) is 12.8 Å². The van der Waals surface area contributed by atoms with Gasteiger partial charge in [-0.2, -0.15) is 0 Å². The first-order valence-corrected chi connectivity index (χ1v) is 4.36. The first-order valence-electron chi connectivity index (χ1n) is 4.36. The van der Waals surface area contributed by atoms with E-state index in [1.54, 1.807) is 0 Å². The molecule has 0 aliphatic heterocycles. The Morgan fingerprint density at radius 3 is 2.55 bits per heavy atom. The summed E-state index contributed by atoms with van der Waals surface area (Å²) in [6.07, 6.45) is 4.36. The van der Waals surface area contributed by atoms with Gasteiger partial charge in [0.2, 0.25) is 0 Å². The van der Waals surface area contributed by atoms with Gasteiger partial charge in [0, 0.05) is 5.31 Å². The van der Waals surface area contributed by atoms with Crippen LogP contribution in [-0.4, -0.2) is 20.4 Å². The summed E-state index contributed by atoms with van der Waals surface area (Å²) in [4.78, 5) is 11.3. The first kappa shape index (κ1) is 8.63. The van der Waals surface area contributed by atoms with Crippen LogP contribution in [0.2, 0.25) is 5.31 Å². The van der Waals surface area contributed by atoms with E-state index in [2.05, 4.69) is 0 Å². The number of esters is 1. The molecule has 0 unspecified atom stereocenters. The van der Waals surface area contributed by atoms with Crippen LogP contribution in [-0.2, 0) is 9.53 Å². The molecule has 1 aliphatic carbocycles. The lowest BCUT2D eigenvalue weighted by Crippen LogP contribution is -2.23. The highest BCUT2D eigenvalue weighted by atomic mass is 16.5. The Morgan fingerprint density at radius 1 is 1.55 bits per heavy atom.